The van der Waals surface area contributed by atoms with E-state index in [0.29, 0.717) is 28.6 Å². The molecule has 0 fully saturated rings. The number of carbonyl (C=O) groups is 1. The van der Waals surface area contributed by atoms with Crippen molar-refractivity contribution in [1.82, 2.24) is 0 Å². The molecule has 0 unspecified atom stereocenters. The van der Waals surface area contributed by atoms with Crippen LogP contribution in [0.15, 0.2) is 42.5 Å². The Kier molecular flexibility index (Phi) is 5.48. The number of anilines is 1. The molecule has 0 atom stereocenters. The van der Waals surface area contributed by atoms with Crippen LogP contribution in [0.2, 0.25) is 10.0 Å². The van der Waals surface area contributed by atoms with Gasteiger partial charge in [0.2, 0.25) is 5.91 Å². The van der Waals surface area contributed by atoms with Gasteiger partial charge in [-0.25, -0.2) is 0 Å². The summed E-state index contributed by atoms with van der Waals surface area (Å²) in [5.74, 6) is 0.739. The Bertz CT molecular complexity index is 627. The lowest BCUT2D eigenvalue weighted by molar-refractivity contribution is -0.116. The van der Waals surface area contributed by atoms with Crippen LogP contribution >= 0.6 is 23.2 Å². The molecule has 0 heterocycles. The molecule has 1 amide bonds. The third kappa shape index (κ3) is 4.66. The Morgan fingerprint density at radius 3 is 2.43 bits per heavy atom. The number of methoxy groups -OCH3 is 1. The van der Waals surface area contributed by atoms with Crippen LogP contribution in [0, 0.1) is 0 Å². The average molecular weight is 324 g/mol. The summed E-state index contributed by atoms with van der Waals surface area (Å²) in [4.78, 5) is 11.9. The third-order valence-corrected chi connectivity index (χ3v) is 3.74. The van der Waals surface area contributed by atoms with E-state index in [2.05, 4.69) is 5.32 Å². The largest absolute Gasteiger partial charge is 0.497 e. The summed E-state index contributed by atoms with van der Waals surface area (Å²) in [5.41, 5.74) is 1.73. The van der Waals surface area contributed by atoms with Gasteiger partial charge in [-0.15, -0.1) is 0 Å². The zero-order valence-electron chi connectivity index (χ0n) is 11.5. The van der Waals surface area contributed by atoms with Gasteiger partial charge in [0.1, 0.15) is 5.75 Å². The van der Waals surface area contributed by atoms with Gasteiger partial charge < -0.3 is 10.1 Å². The summed E-state index contributed by atoms with van der Waals surface area (Å²) in [6, 6.07) is 12.7. The first-order chi connectivity index (χ1) is 10.1. The van der Waals surface area contributed by atoms with Crippen molar-refractivity contribution in [3.05, 3.63) is 58.1 Å². The first kappa shape index (κ1) is 15.7. The summed E-state index contributed by atoms with van der Waals surface area (Å²) in [6.07, 6.45) is 1.06. The van der Waals surface area contributed by atoms with Gasteiger partial charge in [0.15, 0.2) is 0 Å². The highest BCUT2D eigenvalue weighted by Crippen LogP contribution is 2.25. The molecular weight excluding hydrogens is 309 g/mol. The molecule has 0 radical (unpaired) electrons. The zero-order valence-corrected chi connectivity index (χ0v) is 13.0. The number of amides is 1. The Morgan fingerprint density at radius 2 is 1.81 bits per heavy atom. The number of aryl methyl sites for hydroxylation is 1. The molecule has 2 rings (SSSR count). The van der Waals surface area contributed by atoms with E-state index in [0.717, 1.165) is 11.3 Å². The number of benzene rings is 2. The fourth-order valence-corrected chi connectivity index (χ4v) is 2.15. The molecule has 3 nitrogen and oxygen atoms in total. The van der Waals surface area contributed by atoms with Gasteiger partial charge in [0.25, 0.3) is 0 Å². The van der Waals surface area contributed by atoms with Crippen LogP contribution in [0.25, 0.3) is 0 Å². The van der Waals surface area contributed by atoms with E-state index in [1.54, 1.807) is 25.3 Å². The van der Waals surface area contributed by atoms with Gasteiger partial charge in [0, 0.05) is 12.1 Å². The van der Waals surface area contributed by atoms with Crippen molar-refractivity contribution in [2.45, 2.75) is 12.8 Å². The molecule has 0 bridgehead atoms. The van der Waals surface area contributed by atoms with Gasteiger partial charge in [-0.2, -0.15) is 0 Å². The quantitative estimate of drug-likeness (QED) is 0.875. The molecule has 2 aromatic rings. The molecule has 0 saturated heterocycles. The van der Waals surface area contributed by atoms with E-state index in [9.17, 15) is 4.79 Å². The summed E-state index contributed by atoms with van der Waals surface area (Å²) in [5, 5.41) is 3.68. The molecular formula is C16H15Cl2NO2. The van der Waals surface area contributed by atoms with Gasteiger partial charge in [0.05, 0.1) is 17.2 Å². The lowest BCUT2D eigenvalue weighted by Gasteiger charge is -2.07. The zero-order chi connectivity index (χ0) is 15.2. The summed E-state index contributed by atoms with van der Waals surface area (Å²) in [6.45, 7) is 0. The number of carbonyl (C=O) groups excluding carboxylic acids is 1. The minimum absolute atomic E-state index is 0.0655. The second-order valence-electron chi connectivity index (χ2n) is 4.53. The predicted octanol–water partition coefficient (Wildman–Crippen LogP) is 4.57. The number of hydrogen-bond donors (Lipinski definition) is 1. The van der Waals surface area contributed by atoms with Crippen LogP contribution in [0.4, 0.5) is 5.69 Å². The maximum absolute atomic E-state index is 11.9. The summed E-state index contributed by atoms with van der Waals surface area (Å²) >= 11 is 11.7. The first-order valence-corrected chi connectivity index (χ1v) is 7.22. The van der Waals surface area contributed by atoms with Crippen LogP contribution in [-0.2, 0) is 11.2 Å². The van der Waals surface area contributed by atoms with Crippen molar-refractivity contribution in [2.75, 3.05) is 12.4 Å². The van der Waals surface area contributed by atoms with Crippen molar-refractivity contribution in [2.24, 2.45) is 0 Å². The molecule has 110 valence electrons. The molecule has 0 aliphatic carbocycles. The molecule has 2 aromatic carbocycles. The standard InChI is InChI=1S/C16H15Cl2NO2/c1-21-13-6-2-11(3-7-13)4-9-16(20)19-12-5-8-14(17)15(18)10-12/h2-3,5-8,10H,4,9H2,1H3,(H,19,20). The van der Waals surface area contributed by atoms with Crippen molar-refractivity contribution < 1.29 is 9.53 Å². The molecule has 0 aliphatic rings. The second kappa shape index (κ2) is 7.34. The van der Waals surface area contributed by atoms with Crippen LogP contribution in [0.1, 0.15) is 12.0 Å². The van der Waals surface area contributed by atoms with Crippen molar-refractivity contribution in [1.29, 1.82) is 0 Å². The molecule has 5 heteroatoms. The second-order valence-corrected chi connectivity index (χ2v) is 5.34. The van der Waals surface area contributed by atoms with Gasteiger partial charge in [-0.3, -0.25) is 4.79 Å². The number of rotatable bonds is 5. The maximum atomic E-state index is 11.9. The summed E-state index contributed by atoms with van der Waals surface area (Å²) in [7, 11) is 1.62. The molecule has 0 aromatic heterocycles. The van der Waals surface area contributed by atoms with Gasteiger partial charge in [-0.05, 0) is 42.3 Å². The molecule has 0 saturated carbocycles. The Balaban J connectivity index is 1.87. The highest BCUT2D eigenvalue weighted by Gasteiger charge is 2.05. The van der Waals surface area contributed by atoms with Gasteiger partial charge >= 0.3 is 0 Å². The topological polar surface area (TPSA) is 38.3 Å². The highest BCUT2D eigenvalue weighted by molar-refractivity contribution is 6.42. The smallest absolute Gasteiger partial charge is 0.224 e. The van der Waals surface area contributed by atoms with E-state index in [1.165, 1.54) is 0 Å². The molecule has 0 spiro atoms. The molecule has 0 aliphatic heterocycles. The normalized spacial score (nSPS) is 10.2. The SMILES string of the molecule is COc1ccc(CCC(=O)Nc2ccc(Cl)c(Cl)c2)cc1. The van der Waals surface area contributed by atoms with Crippen molar-refractivity contribution >= 4 is 34.8 Å². The number of halogens is 2. The van der Waals surface area contributed by atoms with Crippen molar-refractivity contribution in [3.8, 4) is 5.75 Å². The van der Waals surface area contributed by atoms with E-state index in [4.69, 9.17) is 27.9 Å². The molecule has 21 heavy (non-hydrogen) atoms. The average Bonchev–Trinajstić information content (AvgIpc) is 2.49. The van der Waals surface area contributed by atoms with Crippen molar-refractivity contribution in [3.63, 3.8) is 0 Å². The van der Waals surface area contributed by atoms with E-state index in [-0.39, 0.29) is 5.91 Å². The predicted molar refractivity (Wildman–Crippen MR) is 86.4 cm³/mol. The fraction of sp³-hybridized carbons (Fsp3) is 0.188. The fourth-order valence-electron chi connectivity index (χ4n) is 1.85. The number of ether oxygens (including phenoxy) is 1. The number of hydrogen-bond acceptors (Lipinski definition) is 2. The minimum atomic E-state index is -0.0655. The van der Waals surface area contributed by atoms with E-state index >= 15 is 0 Å². The third-order valence-electron chi connectivity index (χ3n) is 3.00. The van der Waals surface area contributed by atoms with Crippen LogP contribution in [0.3, 0.4) is 0 Å². The molecule has 1 N–H and O–H groups in total. The first-order valence-electron chi connectivity index (χ1n) is 6.46. The van der Waals surface area contributed by atoms with Crippen LogP contribution in [0.5, 0.6) is 5.75 Å². The lowest BCUT2D eigenvalue weighted by atomic mass is 10.1. The van der Waals surface area contributed by atoms with E-state index < -0.39 is 0 Å². The summed E-state index contributed by atoms with van der Waals surface area (Å²) < 4.78 is 5.09. The highest BCUT2D eigenvalue weighted by atomic mass is 35.5. The minimum Gasteiger partial charge on any atom is -0.497 e. The van der Waals surface area contributed by atoms with E-state index in [1.807, 2.05) is 24.3 Å². The van der Waals surface area contributed by atoms with Crippen LogP contribution < -0.4 is 10.1 Å². The Morgan fingerprint density at radius 1 is 1.10 bits per heavy atom. The maximum Gasteiger partial charge on any atom is 0.224 e. The Hall–Kier alpha value is -1.71. The Labute approximate surface area is 133 Å². The number of nitrogens with one attached hydrogen (secondary N) is 1. The monoisotopic (exact) mass is 323 g/mol. The lowest BCUT2D eigenvalue weighted by Crippen LogP contribution is -2.12. The van der Waals surface area contributed by atoms with Crippen LogP contribution in [-0.4, -0.2) is 13.0 Å². The van der Waals surface area contributed by atoms with Gasteiger partial charge in [-0.1, -0.05) is 35.3 Å².